The van der Waals surface area contributed by atoms with E-state index in [4.69, 9.17) is 4.74 Å². The van der Waals surface area contributed by atoms with Crippen LogP contribution in [0.4, 0.5) is 17.5 Å². The van der Waals surface area contributed by atoms with Crippen LogP contribution in [0.1, 0.15) is 5.56 Å². The molecular formula is C17H17N5O. The summed E-state index contributed by atoms with van der Waals surface area (Å²) in [7, 11) is 1.62. The van der Waals surface area contributed by atoms with Crippen LogP contribution >= 0.6 is 0 Å². The molecule has 0 fully saturated rings. The summed E-state index contributed by atoms with van der Waals surface area (Å²) in [6.07, 6.45) is 1.59. The summed E-state index contributed by atoms with van der Waals surface area (Å²) in [5.41, 5.74) is 1.96. The Balaban J connectivity index is 1.70. The third kappa shape index (κ3) is 3.94. The van der Waals surface area contributed by atoms with Crippen molar-refractivity contribution in [1.82, 2.24) is 15.2 Å². The molecule has 0 aliphatic carbocycles. The standard InChI is InChI=1S/C17H17N5O/c1-23-15-10-6-5-9-14(15)20-17-21-16(12-19-22-17)18-11-13-7-3-2-4-8-13/h2-10,12H,11H2,1H3,(H2,18,20,21,22). The van der Waals surface area contributed by atoms with Crippen molar-refractivity contribution < 1.29 is 4.74 Å². The van der Waals surface area contributed by atoms with E-state index in [-0.39, 0.29) is 0 Å². The molecule has 0 unspecified atom stereocenters. The molecule has 116 valence electrons. The van der Waals surface area contributed by atoms with Crippen molar-refractivity contribution >= 4 is 17.5 Å². The summed E-state index contributed by atoms with van der Waals surface area (Å²) < 4.78 is 5.30. The molecule has 0 spiro atoms. The molecule has 2 aromatic carbocycles. The molecule has 0 bridgehead atoms. The monoisotopic (exact) mass is 307 g/mol. The predicted molar refractivity (Wildman–Crippen MR) is 89.9 cm³/mol. The number of hydrogen-bond donors (Lipinski definition) is 2. The van der Waals surface area contributed by atoms with Gasteiger partial charge < -0.3 is 15.4 Å². The SMILES string of the molecule is COc1ccccc1Nc1nncc(NCc2ccccc2)n1. The van der Waals surface area contributed by atoms with Gasteiger partial charge in [0.2, 0.25) is 5.95 Å². The van der Waals surface area contributed by atoms with Crippen LogP contribution in [0, 0.1) is 0 Å². The molecule has 6 nitrogen and oxygen atoms in total. The minimum atomic E-state index is 0.410. The van der Waals surface area contributed by atoms with Crippen LogP contribution in [0.15, 0.2) is 60.8 Å². The molecule has 3 aromatic rings. The second-order valence-corrected chi connectivity index (χ2v) is 4.83. The molecule has 0 radical (unpaired) electrons. The van der Waals surface area contributed by atoms with Crippen LogP contribution in [0.25, 0.3) is 0 Å². The van der Waals surface area contributed by atoms with E-state index in [9.17, 15) is 0 Å². The quantitative estimate of drug-likeness (QED) is 0.728. The van der Waals surface area contributed by atoms with Gasteiger partial charge in [0.25, 0.3) is 0 Å². The Kier molecular flexibility index (Phi) is 4.63. The number of para-hydroxylation sites is 2. The van der Waals surface area contributed by atoms with E-state index in [0.29, 0.717) is 18.3 Å². The van der Waals surface area contributed by atoms with Gasteiger partial charge in [0.1, 0.15) is 5.75 Å². The molecule has 0 aliphatic heterocycles. The third-order valence-corrected chi connectivity index (χ3v) is 3.23. The summed E-state index contributed by atoms with van der Waals surface area (Å²) in [5.74, 6) is 1.78. The van der Waals surface area contributed by atoms with Gasteiger partial charge in [-0.2, -0.15) is 10.1 Å². The first kappa shape index (κ1) is 14.8. The van der Waals surface area contributed by atoms with Crippen LogP contribution in [-0.4, -0.2) is 22.3 Å². The number of benzene rings is 2. The minimum absolute atomic E-state index is 0.410. The molecule has 0 saturated carbocycles. The van der Waals surface area contributed by atoms with Crippen molar-refractivity contribution in [3.63, 3.8) is 0 Å². The summed E-state index contributed by atoms with van der Waals surface area (Å²) in [6.45, 7) is 0.674. The normalized spacial score (nSPS) is 10.1. The fourth-order valence-electron chi connectivity index (χ4n) is 2.10. The van der Waals surface area contributed by atoms with Gasteiger partial charge in [-0.15, -0.1) is 5.10 Å². The smallest absolute Gasteiger partial charge is 0.249 e. The van der Waals surface area contributed by atoms with Crippen molar-refractivity contribution in [2.75, 3.05) is 17.7 Å². The van der Waals surface area contributed by atoms with E-state index in [1.54, 1.807) is 13.3 Å². The number of aromatic nitrogens is 3. The van der Waals surface area contributed by atoms with E-state index < -0.39 is 0 Å². The topological polar surface area (TPSA) is 72.0 Å². The van der Waals surface area contributed by atoms with Crippen LogP contribution in [0.3, 0.4) is 0 Å². The number of nitrogens with one attached hydrogen (secondary N) is 2. The molecule has 2 N–H and O–H groups in total. The zero-order chi connectivity index (χ0) is 15.9. The maximum atomic E-state index is 5.30. The van der Waals surface area contributed by atoms with Gasteiger partial charge in [-0.25, -0.2) is 0 Å². The van der Waals surface area contributed by atoms with Crippen LogP contribution < -0.4 is 15.4 Å². The number of methoxy groups -OCH3 is 1. The lowest BCUT2D eigenvalue weighted by molar-refractivity contribution is 0.417. The highest BCUT2D eigenvalue weighted by molar-refractivity contribution is 5.62. The van der Waals surface area contributed by atoms with Gasteiger partial charge in [0.05, 0.1) is 19.0 Å². The lowest BCUT2D eigenvalue weighted by Gasteiger charge is -2.10. The Bertz CT molecular complexity index is 764. The van der Waals surface area contributed by atoms with Gasteiger partial charge in [-0.3, -0.25) is 0 Å². The van der Waals surface area contributed by atoms with Gasteiger partial charge in [0.15, 0.2) is 5.82 Å². The first-order valence-electron chi connectivity index (χ1n) is 7.23. The zero-order valence-corrected chi connectivity index (χ0v) is 12.7. The number of rotatable bonds is 6. The Morgan fingerprint density at radius 3 is 2.61 bits per heavy atom. The average Bonchev–Trinajstić information content (AvgIpc) is 2.62. The van der Waals surface area contributed by atoms with E-state index in [1.165, 1.54) is 5.56 Å². The second-order valence-electron chi connectivity index (χ2n) is 4.83. The number of hydrogen-bond acceptors (Lipinski definition) is 6. The zero-order valence-electron chi connectivity index (χ0n) is 12.7. The van der Waals surface area contributed by atoms with Crippen molar-refractivity contribution in [2.24, 2.45) is 0 Å². The van der Waals surface area contributed by atoms with Crippen LogP contribution in [0.2, 0.25) is 0 Å². The van der Waals surface area contributed by atoms with Gasteiger partial charge in [0, 0.05) is 6.54 Å². The Morgan fingerprint density at radius 1 is 1.00 bits per heavy atom. The molecule has 0 atom stereocenters. The molecular weight excluding hydrogens is 290 g/mol. The van der Waals surface area contributed by atoms with E-state index in [0.717, 1.165) is 11.4 Å². The highest BCUT2D eigenvalue weighted by Gasteiger charge is 2.05. The van der Waals surface area contributed by atoms with Gasteiger partial charge >= 0.3 is 0 Å². The highest BCUT2D eigenvalue weighted by Crippen LogP contribution is 2.25. The maximum Gasteiger partial charge on any atom is 0.249 e. The molecule has 23 heavy (non-hydrogen) atoms. The second kappa shape index (κ2) is 7.22. The maximum absolute atomic E-state index is 5.30. The molecule has 3 rings (SSSR count). The number of ether oxygens (including phenoxy) is 1. The largest absolute Gasteiger partial charge is 0.495 e. The summed E-state index contributed by atoms with van der Waals surface area (Å²) >= 11 is 0. The van der Waals surface area contributed by atoms with Crippen molar-refractivity contribution in [1.29, 1.82) is 0 Å². The van der Waals surface area contributed by atoms with Crippen LogP contribution in [-0.2, 0) is 6.54 Å². The minimum Gasteiger partial charge on any atom is -0.495 e. The summed E-state index contributed by atoms with van der Waals surface area (Å²) in [6, 6.07) is 17.7. The summed E-state index contributed by atoms with van der Waals surface area (Å²) in [4.78, 5) is 4.41. The van der Waals surface area contributed by atoms with E-state index in [1.807, 2.05) is 42.5 Å². The van der Waals surface area contributed by atoms with Crippen molar-refractivity contribution in [3.05, 3.63) is 66.4 Å². The van der Waals surface area contributed by atoms with Gasteiger partial charge in [-0.05, 0) is 17.7 Å². The molecule has 1 heterocycles. The summed E-state index contributed by atoms with van der Waals surface area (Å²) in [5, 5.41) is 14.3. The molecule has 1 aromatic heterocycles. The third-order valence-electron chi connectivity index (χ3n) is 3.23. The van der Waals surface area contributed by atoms with Gasteiger partial charge in [-0.1, -0.05) is 42.5 Å². The molecule has 0 saturated heterocycles. The molecule has 0 amide bonds. The Morgan fingerprint density at radius 2 is 1.78 bits per heavy atom. The fourth-order valence-corrected chi connectivity index (χ4v) is 2.10. The molecule has 0 aliphatic rings. The first-order valence-corrected chi connectivity index (χ1v) is 7.23. The number of nitrogens with zero attached hydrogens (tertiary/aromatic N) is 3. The lowest BCUT2D eigenvalue weighted by atomic mass is 10.2. The molecule has 6 heteroatoms. The van der Waals surface area contributed by atoms with Crippen molar-refractivity contribution in [3.8, 4) is 5.75 Å². The Hall–Kier alpha value is -3.15. The average molecular weight is 307 g/mol. The first-order chi connectivity index (χ1) is 11.3. The van der Waals surface area contributed by atoms with Crippen molar-refractivity contribution in [2.45, 2.75) is 6.54 Å². The Labute approximate surface area is 134 Å². The van der Waals surface area contributed by atoms with Crippen LogP contribution in [0.5, 0.6) is 5.75 Å². The highest BCUT2D eigenvalue weighted by atomic mass is 16.5. The fraction of sp³-hybridized carbons (Fsp3) is 0.118. The number of anilines is 3. The predicted octanol–water partition coefficient (Wildman–Crippen LogP) is 3.24. The lowest BCUT2D eigenvalue weighted by Crippen LogP contribution is -2.06. The van der Waals surface area contributed by atoms with E-state index in [2.05, 4.69) is 37.9 Å². The van der Waals surface area contributed by atoms with E-state index >= 15 is 0 Å².